The third kappa shape index (κ3) is 3.44. The molecule has 1 aliphatic carbocycles. The SMILES string of the molecule is O=C(CCN1C(=O)[C@H]2CCCC[C@H]2C1=O)NCc1ccccc1. The number of imide groups is 1. The van der Waals surface area contributed by atoms with Gasteiger partial charge in [-0.2, -0.15) is 0 Å². The predicted molar refractivity (Wildman–Crippen MR) is 85.1 cm³/mol. The van der Waals surface area contributed by atoms with Crippen LogP contribution in [0.15, 0.2) is 30.3 Å². The molecule has 1 heterocycles. The number of amides is 3. The molecule has 3 rings (SSSR count). The van der Waals surface area contributed by atoms with Crippen LogP contribution in [0.2, 0.25) is 0 Å². The van der Waals surface area contributed by atoms with E-state index in [0.29, 0.717) is 6.54 Å². The van der Waals surface area contributed by atoms with Gasteiger partial charge in [-0.25, -0.2) is 0 Å². The monoisotopic (exact) mass is 314 g/mol. The Kier molecular flexibility index (Phi) is 4.74. The average Bonchev–Trinajstić information content (AvgIpc) is 2.83. The zero-order chi connectivity index (χ0) is 16.2. The van der Waals surface area contributed by atoms with Crippen LogP contribution in [0.25, 0.3) is 0 Å². The number of carbonyl (C=O) groups is 3. The molecule has 3 amide bonds. The summed E-state index contributed by atoms with van der Waals surface area (Å²) in [6, 6.07) is 9.65. The molecule has 1 aliphatic heterocycles. The Morgan fingerprint density at radius 3 is 2.26 bits per heavy atom. The van der Waals surface area contributed by atoms with Gasteiger partial charge in [-0.05, 0) is 18.4 Å². The fraction of sp³-hybridized carbons (Fsp3) is 0.500. The third-order valence-corrected chi connectivity index (χ3v) is 4.83. The van der Waals surface area contributed by atoms with Crippen molar-refractivity contribution >= 4 is 17.7 Å². The summed E-state index contributed by atoms with van der Waals surface area (Å²) in [4.78, 5) is 37.9. The topological polar surface area (TPSA) is 66.5 Å². The Morgan fingerprint density at radius 1 is 1.04 bits per heavy atom. The van der Waals surface area contributed by atoms with E-state index in [1.54, 1.807) is 0 Å². The minimum atomic E-state index is -0.136. The number of likely N-dealkylation sites (tertiary alicyclic amines) is 1. The highest BCUT2D eigenvalue weighted by atomic mass is 16.2. The molecule has 0 unspecified atom stereocenters. The maximum absolute atomic E-state index is 12.3. The lowest BCUT2D eigenvalue weighted by molar-refractivity contribution is -0.140. The summed E-state index contributed by atoms with van der Waals surface area (Å²) in [7, 11) is 0. The first kappa shape index (κ1) is 15.7. The molecule has 0 radical (unpaired) electrons. The maximum atomic E-state index is 12.3. The number of rotatable bonds is 5. The Labute approximate surface area is 136 Å². The number of carbonyl (C=O) groups excluding carboxylic acids is 3. The number of nitrogens with zero attached hydrogens (tertiary/aromatic N) is 1. The van der Waals surface area contributed by atoms with Gasteiger partial charge in [-0.3, -0.25) is 19.3 Å². The van der Waals surface area contributed by atoms with E-state index < -0.39 is 0 Å². The first-order chi connectivity index (χ1) is 11.2. The lowest BCUT2D eigenvalue weighted by atomic mass is 9.81. The number of benzene rings is 1. The van der Waals surface area contributed by atoms with Crippen molar-refractivity contribution in [2.45, 2.75) is 38.6 Å². The summed E-state index contributed by atoms with van der Waals surface area (Å²) in [6.45, 7) is 0.665. The van der Waals surface area contributed by atoms with Crippen molar-refractivity contribution in [2.75, 3.05) is 6.54 Å². The number of fused-ring (bicyclic) bond motifs is 1. The average molecular weight is 314 g/mol. The Hall–Kier alpha value is -2.17. The van der Waals surface area contributed by atoms with E-state index in [1.165, 1.54) is 4.90 Å². The summed E-state index contributed by atoms with van der Waals surface area (Å²) in [5.74, 6) is -0.553. The molecule has 1 N–H and O–H groups in total. The maximum Gasteiger partial charge on any atom is 0.233 e. The van der Waals surface area contributed by atoms with Gasteiger partial charge in [0.1, 0.15) is 0 Å². The molecule has 5 heteroatoms. The van der Waals surface area contributed by atoms with Crippen molar-refractivity contribution in [3.8, 4) is 0 Å². The zero-order valence-corrected chi connectivity index (χ0v) is 13.2. The summed E-state index contributed by atoms with van der Waals surface area (Å²) in [5, 5.41) is 2.83. The number of hydrogen-bond donors (Lipinski definition) is 1. The van der Waals surface area contributed by atoms with Crippen LogP contribution in [0, 0.1) is 11.8 Å². The van der Waals surface area contributed by atoms with Crippen LogP contribution < -0.4 is 5.32 Å². The molecule has 2 atom stereocenters. The van der Waals surface area contributed by atoms with Gasteiger partial charge in [-0.15, -0.1) is 0 Å². The van der Waals surface area contributed by atoms with Gasteiger partial charge < -0.3 is 5.32 Å². The minimum absolute atomic E-state index is 0.0736. The van der Waals surface area contributed by atoms with Crippen molar-refractivity contribution in [1.82, 2.24) is 10.2 Å². The van der Waals surface area contributed by atoms with Crippen LogP contribution >= 0.6 is 0 Å². The second kappa shape index (κ2) is 6.94. The van der Waals surface area contributed by atoms with E-state index in [0.717, 1.165) is 31.2 Å². The fourth-order valence-corrected chi connectivity index (χ4v) is 3.55. The van der Waals surface area contributed by atoms with Crippen LogP contribution in [-0.2, 0) is 20.9 Å². The second-order valence-corrected chi connectivity index (χ2v) is 6.34. The largest absolute Gasteiger partial charge is 0.352 e. The van der Waals surface area contributed by atoms with E-state index in [4.69, 9.17) is 0 Å². The lowest BCUT2D eigenvalue weighted by Crippen LogP contribution is -2.35. The predicted octanol–water partition coefficient (Wildman–Crippen LogP) is 1.87. The first-order valence-corrected chi connectivity index (χ1v) is 8.32. The number of hydrogen-bond acceptors (Lipinski definition) is 3. The number of nitrogens with one attached hydrogen (secondary N) is 1. The molecule has 2 aliphatic rings. The van der Waals surface area contributed by atoms with Crippen LogP contribution in [-0.4, -0.2) is 29.2 Å². The molecule has 0 spiro atoms. The molecule has 23 heavy (non-hydrogen) atoms. The Balaban J connectivity index is 1.49. The highest BCUT2D eigenvalue weighted by Gasteiger charge is 2.47. The second-order valence-electron chi connectivity index (χ2n) is 6.34. The summed E-state index contributed by atoms with van der Waals surface area (Å²) < 4.78 is 0. The molecular weight excluding hydrogens is 292 g/mol. The van der Waals surface area contributed by atoms with Gasteiger partial charge in [0.2, 0.25) is 17.7 Å². The summed E-state index contributed by atoms with van der Waals surface area (Å²) in [6.07, 6.45) is 3.83. The molecule has 5 nitrogen and oxygen atoms in total. The van der Waals surface area contributed by atoms with Crippen LogP contribution in [0.5, 0.6) is 0 Å². The van der Waals surface area contributed by atoms with Gasteiger partial charge in [0.05, 0.1) is 11.8 Å². The van der Waals surface area contributed by atoms with Crippen molar-refractivity contribution < 1.29 is 14.4 Å². The molecular formula is C18H22N2O3. The zero-order valence-electron chi connectivity index (χ0n) is 13.2. The molecule has 2 fully saturated rings. The van der Waals surface area contributed by atoms with E-state index in [-0.39, 0.29) is 42.5 Å². The lowest BCUT2D eigenvalue weighted by Gasteiger charge is -2.19. The molecule has 0 bridgehead atoms. The first-order valence-electron chi connectivity index (χ1n) is 8.32. The molecule has 1 aromatic rings. The normalized spacial score (nSPS) is 23.7. The van der Waals surface area contributed by atoms with Gasteiger partial charge in [0.25, 0.3) is 0 Å². The molecule has 122 valence electrons. The molecule has 1 saturated heterocycles. The van der Waals surface area contributed by atoms with Crippen LogP contribution in [0.3, 0.4) is 0 Å². The quantitative estimate of drug-likeness (QED) is 0.844. The van der Waals surface area contributed by atoms with E-state index >= 15 is 0 Å². The van der Waals surface area contributed by atoms with E-state index in [2.05, 4.69) is 5.32 Å². The van der Waals surface area contributed by atoms with Crippen LogP contribution in [0.4, 0.5) is 0 Å². The minimum Gasteiger partial charge on any atom is -0.352 e. The standard InChI is InChI=1S/C18H22N2O3/c21-16(19-12-13-6-2-1-3-7-13)10-11-20-17(22)14-8-4-5-9-15(14)18(20)23/h1-3,6-7,14-15H,4-5,8-12H2,(H,19,21)/t14-,15+. The van der Waals surface area contributed by atoms with Crippen molar-refractivity contribution in [3.05, 3.63) is 35.9 Å². The van der Waals surface area contributed by atoms with E-state index in [1.807, 2.05) is 30.3 Å². The molecule has 1 saturated carbocycles. The van der Waals surface area contributed by atoms with E-state index in [9.17, 15) is 14.4 Å². The Bertz CT molecular complexity index is 576. The van der Waals surface area contributed by atoms with Gasteiger partial charge in [-0.1, -0.05) is 43.2 Å². The molecule has 0 aromatic heterocycles. The van der Waals surface area contributed by atoms with Gasteiger partial charge in [0.15, 0.2) is 0 Å². The van der Waals surface area contributed by atoms with Crippen molar-refractivity contribution in [2.24, 2.45) is 11.8 Å². The fourth-order valence-electron chi connectivity index (χ4n) is 3.55. The van der Waals surface area contributed by atoms with Crippen LogP contribution in [0.1, 0.15) is 37.7 Å². The van der Waals surface area contributed by atoms with Gasteiger partial charge in [0, 0.05) is 19.5 Å². The third-order valence-electron chi connectivity index (χ3n) is 4.83. The van der Waals surface area contributed by atoms with Crippen molar-refractivity contribution in [3.63, 3.8) is 0 Å². The summed E-state index contributed by atoms with van der Waals surface area (Å²) in [5.41, 5.74) is 1.03. The smallest absolute Gasteiger partial charge is 0.233 e. The van der Waals surface area contributed by atoms with Crippen molar-refractivity contribution in [1.29, 1.82) is 0 Å². The highest BCUT2D eigenvalue weighted by Crippen LogP contribution is 2.37. The Morgan fingerprint density at radius 2 is 1.65 bits per heavy atom. The van der Waals surface area contributed by atoms with Gasteiger partial charge >= 0.3 is 0 Å². The highest BCUT2D eigenvalue weighted by molar-refractivity contribution is 6.05. The molecule has 1 aromatic carbocycles. The summed E-state index contributed by atoms with van der Waals surface area (Å²) >= 11 is 0.